The highest BCUT2D eigenvalue weighted by Gasteiger charge is 2.27. The summed E-state index contributed by atoms with van der Waals surface area (Å²) in [5.74, 6) is -0.391. The summed E-state index contributed by atoms with van der Waals surface area (Å²) in [5.41, 5.74) is 5.78. The van der Waals surface area contributed by atoms with Gasteiger partial charge in [-0.25, -0.2) is 4.79 Å². The molecule has 5 nitrogen and oxygen atoms in total. The van der Waals surface area contributed by atoms with Gasteiger partial charge >= 0.3 is 5.97 Å². The lowest BCUT2D eigenvalue weighted by Gasteiger charge is -2.23. The van der Waals surface area contributed by atoms with Crippen LogP contribution in [0.25, 0.3) is 0 Å². The fourth-order valence-corrected chi connectivity index (χ4v) is 1.61. The van der Waals surface area contributed by atoms with Crippen LogP contribution in [0, 0.1) is 11.8 Å². The molecular formula is C13H26N2O3. The molecule has 0 heterocycles. The number of hydrogen-bond donors (Lipinski definition) is 2. The molecule has 3 N–H and O–H groups in total. The van der Waals surface area contributed by atoms with E-state index in [0.717, 1.165) is 0 Å². The van der Waals surface area contributed by atoms with E-state index in [1.807, 2.05) is 27.7 Å². The summed E-state index contributed by atoms with van der Waals surface area (Å²) < 4.78 is 4.93. The molecule has 2 atom stereocenters. The zero-order chi connectivity index (χ0) is 14.3. The molecule has 0 aliphatic heterocycles. The van der Waals surface area contributed by atoms with Crippen LogP contribution in [0.15, 0.2) is 0 Å². The summed E-state index contributed by atoms with van der Waals surface area (Å²) in [5, 5.41) is 2.67. The lowest BCUT2D eigenvalue weighted by Crippen LogP contribution is -2.51. The highest BCUT2D eigenvalue weighted by Crippen LogP contribution is 2.07. The van der Waals surface area contributed by atoms with Gasteiger partial charge in [0, 0.05) is 0 Å². The maximum atomic E-state index is 11.9. The highest BCUT2D eigenvalue weighted by atomic mass is 16.5. The van der Waals surface area contributed by atoms with Crippen molar-refractivity contribution in [2.75, 3.05) is 6.61 Å². The zero-order valence-electron chi connectivity index (χ0n) is 12.0. The normalized spacial score (nSPS) is 14.4. The number of nitrogens with one attached hydrogen (secondary N) is 1. The van der Waals surface area contributed by atoms with Crippen LogP contribution in [0.3, 0.4) is 0 Å². The average Bonchev–Trinajstić information content (AvgIpc) is 2.24. The Balaban J connectivity index is 4.49. The number of carbonyl (C=O) groups is 2. The summed E-state index contributed by atoms with van der Waals surface area (Å²) >= 11 is 0. The molecule has 0 unspecified atom stereocenters. The quantitative estimate of drug-likeness (QED) is 0.669. The predicted molar refractivity (Wildman–Crippen MR) is 70.8 cm³/mol. The Bertz CT molecular complexity index is 277. The first-order valence-electron chi connectivity index (χ1n) is 6.52. The van der Waals surface area contributed by atoms with Crippen LogP contribution in [0.1, 0.15) is 41.0 Å². The Morgan fingerprint density at radius 2 is 1.78 bits per heavy atom. The Hall–Kier alpha value is -1.10. The van der Waals surface area contributed by atoms with Crippen molar-refractivity contribution in [3.63, 3.8) is 0 Å². The summed E-state index contributed by atoms with van der Waals surface area (Å²) in [6.45, 7) is 9.75. The van der Waals surface area contributed by atoms with Crippen molar-refractivity contribution in [1.82, 2.24) is 5.32 Å². The number of nitrogens with two attached hydrogens (primary N) is 1. The summed E-state index contributed by atoms with van der Waals surface area (Å²) in [6.07, 6.45) is 0.597. The van der Waals surface area contributed by atoms with Gasteiger partial charge in [-0.1, -0.05) is 27.7 Å². The number of hydrogen-bond acceptors (Lipinski definition) is 4. The first kappa shape index (κ1) is 16.9. The molecule has 5 heteroatoms. The molecule has 18 heavy (non-hydrogen) atoms. The summed E-state index contributed by atoms with van der Waals surface area (Å²) in [6, 6.07) is -1.21. The second-order valence-corrected chi connectivity index (χ2v) is 5.22. The second kappa shape index (κ2) is 8.08. The van der Waals surface area contributed by atoms with Crippen LogP contribution < -0.4 is 11.1 Å². The van der Waals surface area contributed by atoms with Crippen LogP contribution in [0.4, 0.5) is 0 Å². The molecule has 0 saturated carbocycles. The van der Waals surface area contributed by atoms with Gasteiger partial charge < -0.3 is 15.8 Å². The Kier molecular flexibility index (Phi) is 7.59. The molecule has 0 spiro atoms. The molecule has 0 rings (SSSR count). The Morgan fingerprint density at radius 3 is 2.17 bits per heavy atom. The minimum Gasteiger partial charge on any atom is -0.464 e. The minimum atomic E-state index is -0.629. The summed E-state index contributed by atoms with van der Waals surface area (Å²) in [7, 11) is 0. The molecule has 0 aromatic carbocycles. The van der Waals surface area contributed by atoms with E-state index in [4.69, 9.17) is 10.5 Å². The monoisotopic (exact) mass is 258 g/mol. The third kappa shape index (κ3) is 6.00. The third-order valence-corrected chi connectivity index (χ3v) is 2.57. The SMILES string of the molecule is CCOC(=O)[C@H](NC(=O)[C@@H](N)CC(C)C)C(C)C. The number of carbonyl (C=O) groups excluding carboxylic acids is 2. The van der Waals surface area contributed by atoms with E-state index in [0.29, 0.717) is 18.9 Å². The summed E-state index contributed by atoms with van der Waals surface area (Å²) in [4.78, 5) is 23.5. The van der Waals surface area contributed by atoms with Crippen molar-refractivity contribution in [2.45, 2.75) is 53.1 Å². The number of esters is 1. The molecule has 0 aromatic heterocycles. The highest BCUT2D eigenvalue weighted by molar-refractivity contribution is 5.87. The number of rotatable bonds is 7. The van der Waals surface area contributed by atoms with Crippen LogP contribution in [-0.2, 0) is 14.3 Å². The third-order valence-electron chi connectivity index (χ3n) is 2.57. The van der Waals surface area contributed by atoms with Gasteiger partial charge in [0.15, 0.2) is 0 Å². The smallest absolute Gasteiger partial charge is 0.328 e. The van der Waals surface area contributed by atoms with Gasteiger partial charge in [-0.05, 0) is 25.2 Å². The molecule has 0 radical (unpaired) electrons. The van der Waals surface area contributed by atoms with Gasteiger partial charge in [0.1, 0.15) is 6.04 Å². The van der Waals surface area contributed by atoms with Crippen molar-refractivity contribution in [1.29, 1.82) is 0 Å². The van der Waals surface area contributed by atoms with Crippen LogP contribution in [-0.4, -0.2) is 30.6 Å². The van der Waals surface area contributed by atoms with E-state index in [9.17, 15) is 9.59 Å². The largest absolute Gasteiger partial charge is 0.464 e. The number of ether oxygens (including phenoxy) is 1. The van der Waals surface area contributed by atoms with Gasteiger partial charge in [0.2, 0.25) is 5.91 Å². The van der Waals surface area contributed by atoms with Crippen LogP contribution in [0.5, 0.6) is 0 Å². The van der Waals surface area contributed by atoms with E-state index >= 15 is 0 Å². The topological polar surface area (TPSA) is 81.4 Å². The van der Waals surface area contributed by atoms with Crippen molar-refractivity contribution in [3.05, 3.63) is 0 Å². The minimum absolute atomic E-state index is 0.0285. The average molecular weight is 258 g/mol. The van der Waals surface area contributed by atoms with Gasteiger partial charge in [-0.2, -0.15) is 0 Å². The molecule has 1 amide bonds. The molecular weight excluding hydrogens is 232 g/mol. The molecule has 0 aromatic rings. The fraction of sp³-hybridized carbons (Fsp3) is 0.846. The fourth-order valence-electron chi connectivity index (χ4n) is 1.61. The van der Waals surface area contributed by atoms with Gasteiger partial charge in [-0.15, -0.1) is 0 Å². The van der Waals surface area contributed by atoms with Gasteiger partial charge in [0.05, 0.1) is 12.6 Å². The molecule has 0 aliphatic carbocycles. The van der Waals surface area contributed by atoms with Crippen molar-refractivity contribution < 1.29 is 14.3 Å². The van der Waals surface area contributed by atoms with E-state index in [1.165, 1.54) is 0 Å². The molecule has 0 fully saturated rings. The van der Waals surface area contributed by atoms with Crippen LogP contribution >= 0.6 is 0 Å². The molecule has 106 valence electrons. The first-order chi connectivity index (χ1) is 8.29. The van der Waals surface area contributed by atoms with E-state index in [1.54, 1.807) is 6.92 Å². The van der Waals surface area contributed by atoms with Crippen molar-refractivity contribution >= 4 is 11.9 Å². The van der Waals surface area contributed by atoms with Crippen molar-refractivity contribution in [3.8, 4) is 0 Å². The Morgan fingerprint density at radius 1 is 1.22 bits per heavy atom. The second-order valence-electron chi connectivity index (χ2n) is 5.22. The molecule has 0 aliphatic rings. The maximum absolute atomic E-state index is 11.9. The molecule has 0 saturated heterocycles. The Labute approximate surface area is 109 Å². The van der Waals surface area contributed by atoms with Gasteiger partial charge in [-0.3, -0.25) is 4.79 Å². The van der Waals surface area contributed by atoms with E-state index in [2.05, 4.69) is 5.32 Å². The van der Waals surface area contributed by atoms with E-state index < -0.39 is 18.1 Å². The zero-order valence-corrected chi connectivity index (χ0v) is 12.0. The predicted octanol–water partition coefficient (Wildman–Crippen LogP) is 1.06. The molecule has 0 bridgehead atoms. The van der Waals surface area contributed by atoms with Crippen molar-refractivity contribution in [2.24, 2.45) is 17.6 Å². The van der Waals surface area contributed by atoms with Crippen LogP contribution in [0.2, 0.25) is 0 Å². The van der Waals surface area contributed by atoms with Gasteiger partial charge in [0.25, 0.3) is 0 Å². The first-order valence-corrected chi connectivity index (χ1v) is 6.52. The van der Waals surface area contributed by atoms with E-state index in [-0.39, 0.29) is 11.8 Å². The maximum Gasteiger partial charge on any atom is 0.328 e. The lowest BCUT2D eigenvalue weighted by atomic mass is 10.0. The number of amides is 1. The lowest BCUT2D eigenvalue weighted by molar-refractivity contribution is -0.148. The standard InChI is InChI=1S/C13H26N2O3/c1-6-18-13(17)11(9(4)5)15-12(16)10(14)7-8(2)3/h8-11H,6-7,14H2,1-5H3,(H,15,16)/t10-,11+/m0/s1.